The quantitative estimate of drug-likeness (QED) is 0.103. The summed E-state index contributed by atoms with van der Waals surface area (Å²) in [6.45, 7) is 6.73. The van der Waals surface area contributed by atoms with Gasteiger partial charge in [0.2, 0.25) is 0 Å². The molecule has 4 aliphatic heterocycles. The van der Waals surface area contributed by atoms with Crippen LogP contribution in [0.2, 0.25) is 0 Å². The molecule has 0 atom stereocenters. The van der Waals surface area contributed by atoms with Gasteiger partial charge in [0.1, 0.15) is 11.7 Å². The van der Waals surface area contributed by atoms with E-state index in [1.807, 2.05) is 18.2 Å². The molecule has 8 aromatic rings. The van der Waals surface area contributed by atoms with Gasteiger partial charge in [-0.15, -0.1) is 10.2 Å². The molecule has 12 rings (SSSR count). The smallest absolute Gasteiger partial charge is 0.377 e. The third-order valence-corrected chi connectivity index (χ3v) is 13.2. The molecule has 73 heavy (non-hydrogen) atoms. The SMILES string of the molecule is O=C(C(=O)N1CCC(C2=NCCN2c2ccccc2)CC1)c1c[nH]c2c(-n3ccnn3)ncc(F)c12.O=C(O)C(=O)c1c[nH]c2c(-n3ccnn3)ncc(F)c12.c1ccc(N2CCN=C2C2CCNCC2)cc1. The number of aliphatic carboxylic acids is 1. The zero-order valence-electron chi connectivity index (χ0n) is 39.2. The van der Waals surface area contributed by atoms with Crippen molar-refractivity contribution in [3.63, 3.8) is 0 Å². The predicted octanol–water partition coefficient (Wildman–Crippen LogP) is 5.08. The highest BCUT2D eigenvalue weighted by Crippen LogP contribution is 2.31. The number of aliphatic imine (C=N–C) groups is 2. The lowest BCUT2D eigenvalue weighted by Gasteiger charge is -2.34. The number of carboxylic acid groups (broad SMARTS) is 1. The number of fused-ring (bicyclic) bond motifs is 2. The number of rotatable bonds is 10. The summed E-state index contributed by atoms with van der Waals surface area (Å²) in [7, 11) is 0. The fourth-order valence-corrected chi connectivity index (χ4v) is 9.70. The van der Waals surface area contributed by atoms with Crippen molar-refractivity contribution in [3.05, 3.63) is 133 Å². The molecule has 21 nitrogen and oxygen atoms in total. The summed E-state index contributed by atoms with van der Waals surface area (Å²) in [6.07, 6.45) is 14.2. The van der Waals surface area contributed by atoms with E-state index >= 15 is 0 Å². The van der Waals surface area contributed by atoms with Crippen molar-refractivity contribution in [1.29, 1.82) is 0 Å². The van der Waals surface area contributed by atoms with Crippen LogP contribution in [0.3, 0.4) is 0 Å². The number of nitrogens with zero attached hydrogens (tertiary/aromatic N) is 13. The Bertz CT molecular complexity index is 3330. The number of carbonyl (C=O) groups excluding carboxylic acids is 3. The first-order chi connectivity index (χ1) is 35.7. The minimum Gasteiger partial charge on any atom is -0.475 e. The molecule has 0 unspecified atom stereocenters. The second kappa shape index (κ2) is 21.2. The zero-order chi connectivity index (χ0) is 50.4. The number of nitrogens with one attached hydrogen (secondary N) is 3. The predicted molar refractivity (Wildman–Crippen MR) is 265 cm³/mol. The Hall–Kier alpha value is -8.86. The van der Waals surface area contributed by atoms with E-state index in [4.69, 9.17) is 15.1 Å². The Morgan fingerprint density at radius 2 is 1.07 bits per heavy atom. The van der Waals surface area contributed by atoms with Gasteiger partial charge in [0.15, 0.2) is 23.3 Å². The molecule has 0 radical (unpaired) electrons. The highest BCUT2D eigenvalue weighted by atomic mass is 19.1. The average molecular weight is 991 g/mol. The van der Waals surface area contributed by atoms with Crippen molar-refractivity contribution in [2.24, 2.45) is 21.8 Å². The molecule has 4 aliphatic rings. The van der Waals surface area contributed by atoms with Gasteiger partial charge in [-0.2, -0.15) is 0 Å². The van der Waals surface area contributed by atoms with Crippen molar-refractivity contribution in [2.45, 2.75) is 25.7 Å². The minimum atomic E-state index is -1.66. The highest BCUT2D eigenvalue weighted by molar-refractivity contribution is 6.45. The topological polar surface area (TPSA) is 254 Å². The number of aromatic amines is 2. The van der Waals surface area contributed by atoms with Crippen LogP contribution in [0.25, 0.3) is 33.4 Å². The number of carbonyl (C=O) groups is 4. The molecule has 1 amide bonds. The molecule has 0 saturated carbocycles. The molecule has 4 N–H and O–H groups in total. The number of likely N-dealkylation sites (tertiary alicyclic amines) is 1. The first-order valence-corrected chi connectivity index (χ1v) is 23.8. The van der Waals surface area contributed by atoms with E-state index in [0.717, 1.165) is 69.4 Å². The number of H-pyrrole nitrogens is 2. The Morgan fingerprint density at radius 1 is 0.603 bits per heavy atom. The van der Waals surface area contributed by atoms with Crippen molar-refractivity contribution in [3.8, 4) is 11.6 Å². The summed E-state index contributed by atoms with van der Waals surface area (Å²) in [4.78, 5) is 77.7. The maximum atomic E-state index is 14.7. The maximum absolute atomic E-state index is 14.7. The fourth-order valence-electron chi connectivity index (χ4n) is 9.70. The Morgan fingerprint density at radius 3 is 1.52 bits per heavy atom. The monoisotopic (exact) mass is 990 g/mol. The number of benzene rings is 2. The zero-order valence-corrected chi connectivity index (χ0v) is 39.2. The van der Waals surface area contributed by atoms with Crippen LogP contribution < -0.4 is 15.1 Å². The normalized spacial score (nSPS) is 16.2. The number of para-hydroxylation sites is 2. The van der Waals surface area contributed by atoms with Gasteiger partial charge in [-0.1, -0.05) is 46.8 Å². The van der Waals surface area contributed by atoms with Crippen molar-refractivity contribution in [2.75, 3.05) is 62.2 Å². The first kappa shape index (κ1) is 47.8. The van der Waals surface area contributed by atoms with E-state index in [-0.39, 0.29) is 50.5 Å². The van der Waals surface area contributed by atoms with Crippen LogP contribution in [0.5, 0.6) is 0 Å². The molecule has 2 aromatic carbocycles. The Labute approximate surface area is 414 Å². The van der Waals surface area contributed by atoms with Crippen LogP contribution in [0.1, 0.15) is 46.4 Å². The van der Waals surface area contributed by atoms with E-state index in [0.29, 0.717) is 31.8 Å². The number of aromatic nitrogens is 10. The second-order valence-electron chi connectivity index (χ2n) is 17.5. The molecule has 0 aliphatic carbocycles. The molecule has 2 fully saturated rings. The third kappa shape index (κ3) is 9.81. The van der Waals surface area contributed by atoms with E-state index in [2.05, 4.69) is 98.1 Å². The van der Waals surface area contributed by atoms with Crippen molar-refractivity contribution < 1.29 is 33.1 Å². The third-order valence-electron chi connectivity index (χ3n) is 13.2. The molecule has 0 bridgehead atoms. The summed E-state index contributed by atoms with van der Waals surface area (Å²) in [6, 6.07) is 20.8. The van der Waals surface area contributed by atoms with E-state index in [1.54, 1.807) is 11.1 Å². The molecule has 10 heterocycles. The summed E-state index contributed by atoms with van der Waals surface area (Å²) < 4.78 is 31.2. The van der Waals surface area contributed by atoms with Crippen LogP contribution >= 0.6 is 0 Å². The summed E-state index contributed by atoms with van der Waals surface area (Å²) in [5.74, 6) is -2.01. The van der Waals surface area contributed by atoms with Gasteiger partial charge in [-0.05, 0) is 63.0 Å². The Kier molecular flexibility index (Phi) is 13.9. The number of piperidine rings is 2. The second-order valence-corrected chi connectivity index (χ2v) is 17.5. The van der Waals surface area contributed by atoms with Crippen LogP contribution in [-0.2, 0) is 9.59 Å². The molecular formula is C50H48F2N16O5. The number of carboxylic acids is 1. The van der Waals surface area contributed by atoms with Crippen LogP contribution in [0.4, 0.5) is 20.2 Å². The molecule has 23 heteroatoms. The van der Waals surface area contributed by atoms with Crippen LogP contribution in [0, 0.1) is 23.5 Å². The van der Waals surface area contributed by atoms with Crippen molar-refractivity contribution >= 4 is 68.3 Å². The molecular weight excluding hydrogens is 943 g/mol. The number of amides is 1. The van der Waals surface area contributed by atoms with E-state index < -0.39 is 35.1 Å². The number of halogens is 2. The number of ketones is 2. The number of amidine groups is 2. The van der Waals surface area contributed by atoms with Crippen LogP contribution in [0.15, 0.2) is 120 Å². The van der Waals surface area contributed by atoms with Crippen LogP contribution in [-0.4, -0.2) is 147 Å². The summed E-state index contributed by atoms with van der Waals surface area (Å²) >= 11 is 0. The number of pyridine rings is 2. The molecule has 2 saturated heterocycles. The molecule has 6 aromatic heterocycles. The highest BCUT2D eigenvalue weighted by Gasteiger charge is 2.35. The van der Waals surface area contributed by atoms with Gasteiger partial charge in [0.05, 0.1) is 83.2 Å². The summed E-state index contributed by atoms with van der Waals surface area (Å²) in [5.41, 5.74) is 2.56. The number of hydrogen-bond donors (Lipinski definition) is 4. The molecule has 372 valence electrons. The first-order valence-electron chi connectivity index (χ1n) is 23.8. The lowest BCUT2D eigenvalue weighted by atomic mass is 9.94. The lowest BCUT2D eigenvalue weighted by Crippen LogP contribution is -2.45. The average Bonchev–Trinajstić information content (AvgIpc) is 4.30. The van der Waals surface area contributed by atoms with Gasteiger partial charge in [0.25, 0.3) is 17.5 Å². The largest absolute Gasteiger partial charge is 0.475 e. The lowest BCUT2D eigenvalue weighted by molar-refractivity contribution is -0.131. The van der Waals surface area contributed by atoms with E-state index in [1.165, 1.54) is 58.5 Å². The van der Waals surface area contributed by atoms with Crippen molar-refractivity contribution in [1.82, 2.24) is 60.1 Å². The number of Topliss-reactive ketones (excluding diaryl/α,β-unsaturated/α-hetero) is 2. The van der Waals surface area contributed by atoms with Gasteiger partial charge in [-0.25, -0.2) is 32.9 Å². The standard InChI is InChI=1S/C25H23FN8O2.C14H19N3.C11H6FN5O3/c26-19-15-29-24(34-13-9-30-31-34)21-20(19)18(14-28-21)22(35)25(36)32-10-6-16(7-11-32)23-27-8-12-33(23)17-4-2-1-3-5-17;1-2-4-13(5-3-1)17-11-10-16-14(17)12-6-8-15-9-7-12;12-6-4-14-10(17-2-1-15-16-17)8-7(6)5(3-13-8)9(18)11(19)20/h1-5,9,13-16,28H,6-8,10-12H2;1-5,12,15H,6-11H2;1-4,13H,(H,19,20). The van der Waals surface area contributed by atoms with Gasteiger partial charge >= 0.3 is 5.97 Å². The van der Waals surface area contributed by atoms with E-state index in [9.17, 15) is 28.0 Å². The van der Waals surface area contributed by atoms with Gasteiger partial charge < -0.3 is 35.1 Å². The number of anilines is 2. The van der Waals surface area contributed by atoms with Gasteiger partial charge in [0, 0.05) is 61.8 Å². The molecule has 0 spiro atoms. The summed E-state index contributed by atoms with van der Waals surface area (Å²) in [5, 5.41) is 27.0. The van der Waals surface area contributed by atoms with Gasteiger partial charge in [-0.3, -0.25) is 24.4 Å². The minimum absolute atomic E-state index is 0.0163. The maximum Gasteiger partial charge on any atom is 0.377 e. The Balaban J connectivity index is 0.000000139. The number of hydrogen-bond acceptors (Lipinski definition) is 15. The fraction of sp³-hybridized carbons (Fsp3) is 0.280.